The molecule has 1 N–H and O–H groups in total. The van der Waals surface area contributed by atoms with Gasteiger partial charge in [0, 0.05) is 38.6 Å². The Morgan fingerprint density at radius 3 is 2.66 bits per heavy atom. The molecule has 0 aromatic carbocycles. The molecular weight excluding hydrogens is 372 g/mol. The number of aromatic nitrogens is 6. The molecule has 1 saturated carbocycles. The first-order valence-corrected chi connectivity index (χ1v) is 10.4. The van der Waals surface area contributed by atoms with Crippen LogP contribution in [-0.2, 0) is 19.0 Å². The van der Waals surface area contributed by atoms with Crippen molar-refractivity contribution in [2.75, 3.05) is 19.6 Å². The predicted molar refractivity (Wildman–Crippen MR) is 102 cm³/mol. The molecule has 2 amide bonds. The van der Waals surface area contributed by atoms with Crippen LogP contribution in [0.15, 0.2) is 6.33 Å². The van der Waals surface area contributed by atoms with E-state index in [1.165, 1.54) is 23.9 Å². The van der Waals surface area contributed by atoms with E-state index in [1.807, 2.05) is 9.47 Å². The van der Waals surface area contributed by atoms with Gasteiger partial charge in [-0.15, -0.1) is 15.3 Å². The molecule has 0 bridgehead atoms. The van der Waals surface area contributed by atoms with E-state index in [9.17, 15) is 9.59 Å². The molecule has 1 spiro atoms. The predicted octanol–water partition coefficient (Wildman–Crippen LogP) is 0.514. The highest BCUT2D eigenvalue weighted by Gasteiger charge is 2.44. The molecule has 1 saturated heterocycles. The Morgan fingerprint density at radius 1 is 1.17 bits per heavy atom. The van der Waals surface area contributed by atoms with Gasteiger partial charge in [-0.05, 0) is 44.4 Å². The van der Waals surface area contributed by atoms with E-state index in [1.54, 1.807) is 7.05 Å². The zero-order valence-electron chi connectivity index (χ0n) is 16.7. The van der Waals surface area contributed by atoms with E-state index in [2.05, 4.69) is 25.6 Å². The largest absolute Gasteiger partial charge is 0.349 e. The lowest BCUT2D eigenvalue weighted by molar-refractivity contribution is 0.0622. The van der Waals surface area contributed by atoms with Crippen LogP contribution in [0.4, 0.5) is 0 Å². The van der Waals surface area contributed by atoms with Gasteiger partial charge >= 0.3 is 0 Å². The van der Waals surface area contributed by atoms with Gasteiger partial charge in [-0.3, -0.25) is 14.3 Å². The van der Waals surface area contributed by atoms with Crippen molar-refractivity contribution in [1.29, 1.82) is 0 Å². The molecule has 2 aromatic heterocycles. The summed E-state index contributed by atoms with van der Waals surface area (Å²) in [6.45, 7) is 2.77. The van der Waals surface area contributed by atoms with Crippen LogP contribution >= 0.6 is 0 Å². The van der Waals surface area contributed by atoms with Gasteiger partial charge in [0.15, 0.2) is 0 Å². The Balaban J connectivity index is 1.30. The molecule has 2 fully saturated rings. The van der Waals surface area contributed by atoms with Gasteiger partial charge in [0.05, 0.1) is 0 Å². The maximum Gasteiger partial charge on any atom is 0.293 e. The molecule has 10 heteroatoms. The topological polar surface area (TPSA) is 111 Å². The minimum atomic E-state index is -0.127. The monoisotopic (exact) mass is 398 g/mol. The number of likely N-dealkylation sites (tertiary alicyclic amines) is 1. The van der Waals surface area contributed by atoms with E-state index in [-0.39, 0.29) is 23.1 Å². The van der Waals surface area contributed by atoms with Gasteiger partial charge in [-0.25, -0.2) is 4.98 Å². The molecule has 1 aliphatic carbocycles. The third-order valence-electron chi connectivity index (χ3n) is 6.51. The lowest BCUT2D eigenvalue weighted by Crippen LogP contribution is -2.48. The summed E-state index contributed by atoms with van der Waals surface area (Å²) in [5.41, 5.74) is -0.116. The number of amides is 2. The summed E-state index contributed by atoms with van der Waals surface area (Å²) in [5, 5.41) is 15.8. The molecule has 29 heavy (non-hydrogen) atoms. The van der Waals surface area contributed by atoms with Gasteiger partial charge in [-0.2, -0.15) is 0 Å². The highest BCUT2D eigenvalue weighted by atomic mass is 16.2. The highest BCUT2D eigenvalue weighted by Crippen LogP contribution is 2.42. The standard InChI is InChI=1S/C19H26N8O2/c1-25-12-21-14(24-25)17(29)26-9-6-19(7-10-26)5-2-8-27-15(22-23-18(19)27)16(28)20-11-13-3-4-13/h12-13H,2-11H2,1H3,(H,20,28). The summed E-state index contributed by atoms with van der Waals surface area (Å²) in [6.07, 6.45) is 7.57. The molecule has 0 atom stereocenters. The van der Waals surface area contributed by atoms with Crippen molar-refractivity contribution in [1.82, 2.24) is 39.7 Å². The fourth-order valence-electron chi connectivity index (χ4n) is 4.59. The number of aryl methyl sites for hydroxylation is 1. The molecule has 10 nitrogen and oxygen atoms in total. The molecule has 5 rings (SSSR count). The van der Waals surface area contributed by atoms with E-state index in [4.69, 9.17) is 0 Å². The van der Waals surface area contributed by atoms with E-state index in [0.717, 1.165) is 44.6 Å². The van der Waals surface area contributed by atoms with Crippen molar-refractivity contribution >= 4 is 11.8 Å². The van der Waals surface area contributed by atoms with Crippen molar-refractivity contribution in [3.63, 3.8) is 0 Å². The molecule has 2 aromatic rings. The zero-order chi connectivity index (χ0) is 20.0. The summed E-state index contributed by atoms with van der Waals surface area (Å²) in [4.78, 5) is 31.1. The van der Waals surface area contributed by atoms with Gasteiger partial charge in [0.1, 0.15) is 12.2 Å². The van der Waals surface area contributed by atoms with Crippen LogP contribution in [0.1, 0.15) is 65.6 Å². The minimum Gasteiger partial charge on any atom is -0.349 e. The molecule has 0 radical (unpaired) electrons. The average molecular weight is 398 g/mol. The van der Waals surface area contributed by atoms with Gasteiger partial charge in [0.25, 0.3) is 11.8 Å². The van der Waals surface area contributed by atoms with Crippen LogP contribution in [-0.4, -0.2) is 65.9 Å². The smallest absolute Gasteiger partial charge is 0.293 e. The first-order chi connectivity index (χ1) is 14.1. The average Bonchev–Trinajstić information content (AvgIpc) is 3.29. The third kappa shape index (κ3) is 3.30. The Bertz CT molecular complexity index is 936. The second-order valence-corrected chi connectivity index (χ2v) is 8.57. The summed E-state index contributed by atoms with van der Waals surface area (Å²) < 4.78 is 3.54. The minimum absolute atomic E-state index is 0.116. The maximum atomic E-state index is 12.7. The number of carbonyl (C=O) groups excluding carboxylic acids is 2. The lowest BCUT2D eigenvalue weighted by atomic mass is 9.72. The van der Waals surface area contributed by atoms with Crippen LogP contribution in [0.25, 0.3) is 0 Å². The summed E-state index contributed by atoms with van der Waals surface area (Å²) >= 11 is 0. The highest BCUT2D eigenvalue weighted by molar-refractivity contribution is 5.91. The van der Waals surface area contributed by atoms with Crippen molar-refractivity contribution in [3.05, 3.63) is 23.8 Å². The Morgan fingerprint density at radius 2 is 1.97 bits per heavy atom. The third-order valence-corrected chi connectivity index (χ3v) is 6.51. The Labute approximate surface area is 168 Å². The van der Waals surface area contributed by atoms with Crippen LogP contribution in [0, 0.1) is 5.92 Å². The first kappa shape index (κ1) is 18.3. The fraction of sp³-hybridized carbons (Fsp3) is 0.684. The molecule has 0 unspecified atom stereocenters. The fourth-order valence-corrected chi connectivity index (χ4v) is 4.59. The van der Waals surface area contributed by atoms with Gasteiger partial charge in [-0.1, -0.05) is 0 Å². The number of rotatable bonds is 4. The zero-order valence-corrected chi connectivity index (χ0v) is 16.7. The van der Waals surface area contributed by atoms with E-state index < -0.39 is 0 Å². The second kappa shape index (κ2) is 6.93. The maximum absolute atomic E-state index is 12.7. The number of piperidine rings is 1. The lowest BCUT2D eigenvalue weighted by Gasteiger charge is -2.43. The Hall–Kier alpha value is -2.78. The van der Waals surface area contributed by atoms with Crippen molar-refractivity contribution in [2.24, 2.45) is 13.0 Å². The normalized spacial score (nSPS) is 20.5. The first-order valence-electron chi connectivity index (χ1n) is 10.4. The second-order valence-electron chi connectivity index (χ2n) is 8.57. The van der Waals surface area contributed by atoms with Crippen LogP contribution in [0.3, 0.4) is 0 Å². The molecule has 2 aliphatic heterocycles. The van der Waals surface area contributed by atoms with Crippen LogP contribution in [0.5, 0.6) is 0 Å². The summed E-state index contributed by atoms with van der Waals surface area (Å²) in [7, 11) is 1.75. The molecular formula is C19H26N8O2. The quantitative estimate of drug-likeness (QED) is 0.804. The van der Waals surface area contributed by atoms with Gasteiger partial charge in [0.2, 0.25) is 11.6 Å². The number of carbonyl (C=O) groups is 2. The van der Waals surface area contributed by atoms with Crippen molar-refractivity contribution in [3.8, 4) is 0 Å². The summed E-state index contributed by atoms with van der Waals surface area (Å²) in [6, 6.07) is 0. The number of nitrogens with one attached hydrogen (secondary N) is 1. The van der Waals surface area contributed by atoms with Crippen molar-refractivity contribution in [2.45, 2.75) is 50.5 Å². The number of fused-ring (bicyclic) bond motifs is 2. The molecule has 3 aliphatic rings. The summed E-state index contributed by atoms with van der Waals surface area (Å²) in [5.74, 6) is 1.95. The molecule has 4 heterocycles. The van der Waals surface area contributed by atoms with Gasteiger partial charge < -0.3 is 14.8 Å². The number of hydrogen-bond donors (Lipinski definition) is 1. The SMILES string of the molecule is Cn1cnc(C(=O)N2CCC3(CCCn4c(C(=O)NCC5CC5)nnc43)CC2)n1. The number of hydrogen-bond acceptors (Lipinski definition) is 6. The van der Waals surface area contributed by atoms with E-state index >= 15 is 0 Å². The Kier molecular flexibility index (Phi) is 4.36. The van der Waals surface area contributed by atoms with Crippen molar-refractivity contribution < 1.29 is 9.59 Å². The van der Waals surface area contributed by atoms with Crippen LogP contribution in [0.2, 0.25) is 0 Å². The van der Waals surface area contributed by atoms with Crippen LogP contribution < -0.4 is 5.32 Å². The molecule has 154 valence electrons. The number of nitrogens with zero attached hydrogens (tertiary/aromatic N) is 7. The van der Waals surface area contributed by atoms with E-state index in [0.29, 0.717) is 24.8 Å².